The van der Waals surface area contributed by atoms with Gasteiger partial charge in [-0.15, -0.1) is 0 Å². The highest BCUT2D eigenvalue weighted by molar-refractivity contribution is 5.76. The summed E-state index contributed by atoms with van der Waals surface area (Å²) in [4.78, 5) is 18.2. The van der Waals surface area contributed by atoms with E-state index in [1.54, 1.807) is 12.4 Å². The van der Waals surface area contributed by atoms with Crippen LogP contribution in [0, 0.1) is 0 Å². The number of hydrogen-bond acceptors (Lipinski definition) is 3. The lowest BCUT2D eigenvalue weighted by Crippen LogP contribution is -2.34. The van der Waals surface area contributed by atoms with E-state index in [4.69, 9.17) is 0 Å². The van der Waals surface area contributed by atoms with Crippen molar-refractivity contribution in [2.24, 2.45) is 0 Å². The van der Waals surface area contributed by atoms with Crippen LogP contribution in [-0.2, 0) is 11.2 Å². The number of aryl methyl sites for hydroxylation is 1. The minimum absolute atomic E-state index is 0.0756. The minimum atomic E-state index is 0.0756. The number of nitrogens with one attached hydrogen (secondary N) is 1. The molecule has 0 aliphatic heterocycles. The van der Waals surface area contributed by atoms with Gasteiger partial charge in [-0.25, -0.2) is 0 Å². The summed E-state index contributed by atoms with van der Waals surface area (Å²) in [5.41, 5.74) is 2.30. The molecule has 1 N–H and O–H groups in total. The van der Waals surface area contributed by atoms with E-state index in [9.17, 15) is 4.79 Å². The fourth-order valence-electron chi connectivity index (χ4n) is 2.38. The zero-order chi connectivity index (χ0) is 15.8. The topological polar surface area (TPSA) is 45.2 Å². The average Bonchev–Trinajstić information content (AvgIpc) is 2.55. The molecule has 0 saturated carbocycles. The van der Waals surface area contributed by atoms with Crippen LogP contribution in [0.15, 0.2) is 54.9 Å². The van der Waals surface area contributed by atoms with Crippen molar-refractivity contribution in [2.45, 2.75) is 18.9 Å². The molecule has 0 unspecified atom stereocenters. The molecule has 1 heterocycles. The first-order chi connectivity index (χ1) is 10.7. The monoisotopic (exact) mass is 297 g/mol. The van der Waals surface area contributed by atoms with Crippen LogP contribution in [-0.4, -0.2) is 36.4 Å². The summed E-state index contributed by atoms with van der Waals surface area (Å²) in [6.07, 6.45) is 4.75. The maximum atomic E-state index is 12.0. The molecule has 1 aromatic heterocycles. The molecule has 0 aliphatic rings. The summed E-state index contributed by atoms with van der Waals surface area (Å²) in [7, 11) is 4.05. The number of hydrogen-bond donors (Lipinski definition) is 1. The summed E-state index contributed by atoms with van der Waals surface area (Å²) >= 11 is 0. The van der Waals surface area contributed by atoms with Gasteiger partial charge in [-0.2, -0.15) is 0 Å². The Kier molecular flexibility index (Phi) is 6.10. The Morgan fingerprint density at radius 3 is 2.59 bits per heavy atom. The molecular weight excluding hydrogens is 274 g/mol. The second-order valence-corrected chi connectivity index (χ2v) is 5.56. The normalized spacial score (nSPS) is 12.1. The molecule has 0 saturated heterocycles. The van der Waals surface area contributed by atoms with E-state index in [2.05, 4.69) is 27.3 Å². The molecule has 0 radical (unpaired) electrons. The molecule has 2 aromatic rings. The van der Waals surface area contributed by atoms with Crippen molar-refractivity contribution in [1.29, 1.82) is 0 Å². The smallest absolute Gasteiger partial charge is 0.220 e. The van der Waals surface area contributed by atoms with Gasteiger partial charge >= 0.3 is 0 Å². The predicted octanol–water partition coefficient (Wildman–Crippen LogP) is 2.43. The number of amides is 1. The summed E-state index contributed by atoms with van der Waals surface area (Å²) in [6, 6.07) is 14.3. The SMILES string of the molecule is CN(C)[C@@H](CNC(=O)CCc1cccnc1)c1ccccc1. The Morgan fingerprint density at radius 1 is 1.18 bits per heavy atom. The highest BCUT2D eigenvalue weighted by Gasteiger charge is 2.14. The number of nitrogens with zero attached hydrogens (tertiary/aromatic N) is 2. The van der Waals surface area contributed by atoms with Gasteiger partial charge in [0.05, 0.1) is 6.04 Å². The number of carbonyl (C=O) groups is 1. The van der Waals surface area contributed by atoms with Crippen LogP contribution in [0.3, 0.4) is 0 Å². The van der Waals surface area contributed by atoms with E-state index >= 15 is 0 Å². The molecule has 116 valence electrons. The van der Waals surface area contributed by atoms with Crippen LogP contribution >= 0.6 is 0 Å². The highest BCUT2D eigenvalue weighted by Crippen LogP contribution is 2.16. The molecule has 1 atom stereocenters. The number of carbonyl (C=O) groups excluding carboxylic acids is 1. The fraction of sp³-hybridized carbons (Fsp3) is 0.333. The summed E-state index contributed by atoms with van der Waals surface area (Å²) in [5.74, 6) is 0.0756. The highest BCUT2D eigenvalue weighted by atomic mass is 16.1. The van der Waals surface area contributed by atoms with Crippen molar-refractivity contribution >= 4 is 5.91 Å². The third-order valence-corrected chi connectivity index (χ3v) is 3.66. The van der Waals surface area contributed by atoms with E-state index in [0.29, 0.717) is 13.0 Å². The van der Waals surface area contributed by atoms with Gasteiger partial charge in [0.15, 0.2) is 0 Å². The maximum absolute atomic E-state index is 12.0. The van der Waals surface area contributed by atoms with Gasteiger partial charge < -0.3 is 10.2 Å². The van der Waals surface area contributed by atoms with Gasteiger partial charge in [-0.3, -0.25) is 9.78 Å². The summed E-state index contributed by atoms with van der Waals surface area (Å²) < 4.78 is 0. The maximum Gasteiger partial charge on any atom is 0.220 e. The lowest BCUT2D eigenvalue weighted by molar-refractivity contribution is -0.121. The molecule has 4 heteroatoms. The summed E-state index contributed by atoms with van der Waals surface area (Å²) in [5, 5.41) is 3.03. The molecule has 22 heavy (non-hydrogen) atoms. The van der Waals surface area contributed by atoms with Gasteiger partial charge in [-0.1, -0.05) is 36.4 Å². The van der Waals surface area contributed by atoms with Crippen molar-refractivity contribution in [3.8, 4) is 0 Å². The van der Waals surface area contributed by atoms with Gasteiger partial charge in [0, 0.05) is 25.4 Å². The lowest BCUT2D eigenvalue weighted by atomic mass is 10.1. The Bertz CT molecular complexity index is 569. The molecule has 0 fully saturated rings. The second-order valence-electron chi connectivity index (χ2n) is 5.56. The molecule has 1 amide bonds. The molecule has 0 bridgehead atoms. The largest absolute Gasteiger partial charge is 0.354 e. The molecule has 1 aromatic carbocycles. The van der Waals surface area contributed by atoms with Gasteiger partial charge in [0.2, 0.25) is 5.91 Å². The molecular formula is C18H23N3O. The second kappa shape index (κ2) is 8.29. The fourth-order valence-corrected chi connectivity index (χ4v) is 2.38. The quantitative estimate of drug-likeness (QED) is 0.854. The Labute approximate surface area is 132 Å². The van der Waals surface area contributed by atoms with E-state index in [0.717, 1.165) is 12.0 Å². The first-order valence-electron chi connectivity index (χ1n) is 7.54. The minimum Gasteiger partial charge on any atom is -0.354 e. The number of rotatable bonds is 7. The standard InChI is InChI=1S/C18H23N3O/c1-21(2)17(16-8-4-3-5-9-16)14-20-18(22)11-10-15-7-6-12-19-13-15/h3-9,12-13,17H,10-11,14H2,1-2H3,(H,20,22)/t17-/m0/s1. The van der Waals surface area contributed by atoms with Crippen molar-refractivity contribution in [2.75, 3.05) is 20.6 Å². The third kappa shape index (κ3) is 4.97. The van der Waals surface area contributed by atoms with Crippen LogP contribution in [0.4, 0.5) is 0 Å². The number of pyridine rings is 1. The van der Waals surface area contributed by atoms with Crippen LogP contribution in [0.2, 0.25) is 0 Å². The molecule has 0 spiro atoms. The zero-order valence-electron chi connectivity index (χ0n) is 13.2. The van der Waals surface area contributed by atoms with Gasteiger partial charge in [0.1, 0.15) is 0 Å². The lowest BCUT2D eigenvalue weighted by Gasteiger charge is -2.25. The van der Waals surface area contributed by atoms with Crippen LogP contribution in [0.25, 0.3) is 0 Å². The van der Waals surface area contributed by atoms with Gasteiger partial charge in [0.25, 0.3) is 0 Å². The number of benzene rings is 1. The van der Waals surface area contributed by atoms with E-state index in [1.165, 1.54) is 5.56 Å². The Morgan fingerprint density at radius 2 is 1.95 bits per heavy atom. The Balaban J connectivity index is 1.83. The van der Waals surface area contributed by atoms with E-state index < -0.39 is 0 Å². The third-order valence-electron chi connectivity index (χ3n) is 3.66. The zero-order valence-corrected chi connectivity index (χ0v) is 13.2. The van der Waals surface area contributed by atoms with Gasteiger partial charge in [-0.05, 0) is 37.7 Å². The number of aromatic nitrogens is 1. The first-order valence-corrected chi connectivity index (χ1v) is 7.54. The molecule has 2 rings (SSSR count). The predicted molar refractivity (Wildman–Crippen MR) is 88.4 cm³/mol. The average molecular weight is 297 g/mol. The molecule has 0 aliphatic carbocycles. The summed E-state index contributed by atoms with van der Waals surface area (Å²) in [6.45, 7) is 0.614. The van der Waals surface area contributed by atoms with E-state index in [1.807, 2.05) is 44.4 Å². The van der Waals surface area contributed by atoms with Crippen molar-refractivity contribution in [3.05, 3.63) is 66.0 Å². The van der Waals surface area contributed by atoms with Crippen LogP contribution < -0.4 is 5.32 Å². The Hall–Kier alpha value is -2.20. The number of likely N-dealkylation sites (N-methyl/N-ethyl adjacent to an activating group) is 1. The van der Waals surface area contributed by atoms with Crippen molar-refractivity contribution in [1.82, 2.24) is 15.2 Å². The first kappa shape index (κ1) is 16.2. The van der Waals surface area contributed by atoms with Crippen molar-refractivity contribution < 1.29 is 4.79 Å². The van der Waals surface area contributed by atoms with E-state index in [-0.39, 0.29) is 11.9 Å². The van der Waals surface area contributed by atoms with Crippen LogP contribution in [0.5, 0.6) is 0 Å². The van der Waals surface area contributed by atoms with Crippen molar-refractivity contribution in [3.63, 3.8) is 0 Å². The molecule has 4 nitrogen and oxygen atoms in total. The van der Waals surface area contributed by atoms with Crippen LogP contribution in [0.1, 0.15) is 23.6 Å².